The maximum Gasteiger partial charge on any atom is 0.227 e. The van der Waals surface area contributed by atoms with E-state index in [1.54, 1.807) is 12.4 Å². The van der Waals surface area contributed by atoms with Crippen molar-refractivity contribution in [3.05, 3.63) is 29.6 Å². The van der Waals surface area contributed by atoms with Crippen LogP contribution in [0.5, 0.6) is 0 Å². The number of carbonyl (C=O) groups is 1. The predicted octanol–water partition coefficient (Wildman–Crippen LogP) is 1.37. The molecule has 3 nitrogen and oxygen atoms in total. The molecule has 1 aliphatic rings. The molecular weight excluding hydrogens is 176 g/mol. The molecule has 0 fully saturated rings. The van der Waals surface area contributed by atoms with Crippen molar-refractivity contribution in [2.75, 3.05) is 0 Å². The van der Waals surface area contributed by atoms with Gasteiger partial charge < -0.3 is 4.90 Å². The first-order valence-corrected chi connectivity index (χ1v) is 4.89. The van der Waals surface area contributed by atoms with Gasteiger partial charge in [-0.1, -0.05) is 0 Å². The molecule has 2 heterocycles. The van der Waals surface area contributed by atoms with Crippen molar-refractivity contribution in [2.24, 2.45) is 0 Å². The second-order valence-electron chi connectivity index (χ2n) is 3.94. The summed E-state index contributed by atoms with van der Waals surface area (Å²) >= 11 is 0. The van der Waals surface area contributed by atoms with Crippen LogP contribution in [0.4, 0.5) is 0 Å². The van der Waals surface area contributed by atoms with Gasteiger partial charge in [-0.05, 0) is 31.0 Å². The van der Waals surface area contributed by atoms with Crippen LogP contribution >= 0.6 is 0 Å². The quantitative estimate of drug-likeness (QED) is 0.670. The van der Waals surface area contributed by atoms with Crippen LogP contribution in [0.3, 0.4) is 0 Å². The summed E-state index contributed by atoms with van der Waals surface area (Å²) in [5, 5.41) is 0. The lowest BCUT2D eigenvalue weighted by Gasteiger charge is -2.31. The minimum absolute atomic E-state index is 0.209. The smallest absolute Gasteiger partial charge is 0.227 e. The summed E-state index contributed by atoms with van der Waals surface area (Å²) in [6.07, 6.45) is 4.08. The molecule has 0 unspecified atom stereocenters. The van der Waals surface area contributed by atoms with Crippen LogP contribution in [0, 0.1) is 0 Å². The Labute approximate surface area is 83.8 Å². The predicted molar refractivity (Wildman–Crippen MR) is 53.6 cm³/mol. The van der Waals surface area contributed by atoms with Crippen molar-refractivity contribution < 1.29 is 4.79 Å². The topological polar surface area (TPSA) is 33.2 Å². The van der Waals surface area contributed by atoms with Gasteiger partial charge in [0.15, 0.2) is 0 Å². The maximum absolute atomic E-state index is 11.7. The Morgan fingerprint density at radius 3 is 2.93 bits per heavy atom. The van der Waals surface area contributed by atoms with E-state index in [1.165, 1.54) is 5.56 Å². The van der Waals surface area contributed by atoms with Gasteiger partial charge in [-0.25, -0.2) is 0 Å². The van der Waals surface area contributed by atoms with Crippen LogP contribution in [0.25, 0.3) is 0 Å². The molecule has 0 atom stereocenters. The van der Waals surface area contributed by atoms with E-state index in [2.05, 4.69) is 4.98 Å². The molecule has 0 aliphatic carbocycles. The zero-order chi connectivity index (χ0) is 10.1. The molecule has 0 N–H and O–H groups in total. The van der Waals surface area contributed by atoms with E-state index in [0.29, 0.717) is 6.42 Å². The number of carbonyl (C=O) groups excluding carboxylic acids is 1. The lowest BCUT2D eigenvalue weighted by atomic mass is 10.0. The summed E-state index contributed by atoms with van der Waals surface area (Å²) in [6, 6.07) is 2.28. The second-order valence-corrected chi connectivity index (χ2v) is 3.94. The molecular formula is C11H14N2O. The molecule has 0 radical (unpaired) electrons. The Hall–Kier alpha value is -1.38. The molecule has 0 saturated heterocycles. The first kappa shape index (κ1) is 9.19. The number of pyridine rings is 1. The molecule has 0 bridgehead atoms. The van der Waals surface area contributed by atoms with Gasteiger partial charge >= 0.3 is 0 Å². The third kappa shape index (κ3) is 1.50. The highest BCUT2D eigenvalue weighted by Crippen LogP contribution is 2.19. The first-order chi connectivity index (χ1) is 6.68. The molecule has 1 aromatic heterocycles. The zero-order valence-corrected chi connectivity index (χ0v) is 8.53. The van der Waals surface area contributed by atoms with Crippen LogP contribution in [-0.4, -0.2) is 21.8 Å². The van der Waals surface area contributed by atoms with Crippen LogP contribution in [0.1, 0.15) is 25.0 Å². The molecule has 1 amide bonds. The number of hydrogen-bond donors (Lipinski definition) is 0. The normalized spacial score (nSPS) is 15.9. The molecule has 3 heteroatoms. The first-order valence-electron chi connectivity index (χ1n) is 4.89. The fraction of sp³-hybridized carbons (Fsp3) is 0.455. The summed E-state index contributed by atoms with van der Waals surface area (Å²) in [5.41, 5.74) is 2.31. The van der Waals surface area contributed by atoms with E-state index in [0.717, 1.165) is 12.1 Å². The van der Waals surface area contributed by atoms with E-state index in [-0.39, 0.29) is 11.9 Å². The Bertz CT molecular complexity index is 360. The molecule has 74 valence electrons. The maximum atomic E-state index is 11.7. The van der Waals surface area contributed by atoms with E-state index in [9.17, 15) is 4.79 Å². The molecule has 2 rings (SSSR count). The highest BCUT2D eigenvalue weighted by Gasteiger charge is 2.24. The average Bonchev–Trinajstić information content (AvgIpc) is 2.16. The third-order valence-electron chi connectivity index (χ3n) is 2.63. The molecule has 0 aromatic carbocycles. The van der Waals surface area contributed by atoms with Crippen LogP contribution in [-0.2, 0) is 17.8 Å². The van der Waals surface area contributed by atoms with Crippen molar-refractivity contribution in [3.63, 3.8) is 0 Å². The van der Waals surface area contributed by atoms with E-state index in [4.69, 9.17) is 0 Å². The molecule has 14 heavy (non-hydrogen) atoms. The van der Waals surface area contributed by atoms with E-state index < -0.39 is 0 Å². The van der Waals surface area contributed by atoms with Gasteiger partial charge in [0.25, 0.3) is 0 Å². The molecule has 1 aromatic rings. The molecule has 1 aliphatic heterocycles. The van der Waals surface area contributed by atoms with Crippen molar-refractivity contribution in [3.8, 4) is 0 Å². The van der Waals surface area contributed by atoms with Crippen molar-refractivity contribution in [1.82, 2.24) is 9.88 Å². The molecule has 0 spiro atoms. The van der Waals surface area contributed by atoms with Crippen LogP contribution < -0.4 is 0 Å². The average molecular weight is 190 g/mol. The Morgan fingerprint density at radius 2 is 2.21 bits per heavy atom. The number of rotatable bonds is 1. The number of fused-ring (bicyclic) bond motifs is 1. The lowest BCUT2D eigenvalue weighted by molar-refractivity contribution is -0.133. The number of amides is 1. The largest absolute Gasteiger partial charge is 0.336 e. The van der Waals surface area contributed by atoms with Crippen LogP contribution in [0.2, 0.25) is 0 Å². The third-order valence-corrected chi connectivity index (χ3v) is 2.63. The summed E-state index contributed by atoms with van der Waals surface area (Å²) in [4.78, 5) is 17.6. The Kier molecular flexibility index (Phi) is 2.23. The summed E-state index contributed by atoms with van der Waals surface area (Å²) in [5.74, 6) is 0.209. The monoisotopic (exact) mass is 190 g/mol. The van der Waals surface area contributed by atoms with Gasteiger partial charge in [0.05, 0.1) is 6.42 Å². The van der Waals surface area contributed by atoms with Crippen molar-refractivity contribution >= 4 is 5.91 Å². The summed E-state index contributed by atoms with van der Waals surface area (Å²) < 4.78 is 0. The highest BCUT2D eigenvalue weighted by molar-refractivity contribution is 5.81. The highest BCUT2D eigenvalue weighted by atomic mass is 16.2. The Balaban J connectivity index is 2.31. The van der Waals surface area contributed by atoms with Crippen molar-refractivity contribution in [1.29, 1.82) is 0 Å². The van der Waals surface area contributed by atoms with Gasteiger partial charge in [-0.3, -0.25) is 9.78 Å². The second kappa shape index (κ2) is 3.40. The SMILES string of the molecule is CC(C)N1Cc2ccncc2CC1=O. The standard InChI is InChI=1S/C11H14N2O/c1-8(2)13-7-9-3-4-12-6-10(9)5-11(13)14/h3-4,6,8H,5,7H2,1-2H3. The van der Waals surface area contributed by atoms with Gasteiger partial charge in [0.1, 0.15) is 0 Å². The van der Waals surface area contributed by atoms with Gasteiger partial charge in [0.2, 0.25) is 5.91 Å². The summed E-state index contributed by atoms with van der Waals surface area (Å²) in [6.45, 7) is 4.82. The minimum atomic E-state index is 0.209. The fourth-order valence-electron chi connectivity index (χ4n) is 1.78. The van der Waals surface area contributed by atoms with Gasteiger partial charge in [-0.15, -0.1) is 0 Å². The van der Waals surface area contributed by atoms with E-state index >= 15 is 0 Å². The number of nitrogens with zero attached hydrogens (tertiary/aromatic N) is 2. The zero-order valence-electron chi connectivity index (χ0n) is 8.53. The number of hydrogen-bond acceptors (Lipinski definition) is 2. The number of aromatic nitrogens is 1. The van der Waals surface area contributed by atoms with Crippen molar-refractivity contribution in [2.45, 2.75) is 32.9 Å². The summed E-state index contributed by atoms with van der Waals surface area (Å²) in [7, 11) is 0. The Morgan fingerprint density at radius 1 is 1.43 bits per heavy atom. The minimum Gasteiger partial charge on any atom is -0.336 e. The fourth-order valence-corrected chi connectivity index (χ4v) is 1.78. The van der Waals surface area contributed by atoms with Crippen LogP contribution in [0.15, 0.2) is 18.5 Å². The van der Waals surface area contributed by atoms with Gasteiger partial charge in [0, 0.05) is 25.0 Å². The van der Waals surface area contributed by atoms with Gasteiger partial charge in [-0.2, -0.15) is 0 Å². The molecule has 0 saturated carbocycles. The van der Waals surface area contributed by atoms with E-state index in [1.807, 2.05) is 24.8 Å². The lowest BCUT2D eigenvalue weighted by Crippen LogP contribution is -2.40.